The Morgan fingerprint density at radius 2 is 1.97 bits per heavy atom. The van der Waals surface area contributed by atoms with Gasteiger partial charge in [0.15, 0.2) is 0 Å². The molecule has 0 spiro atoms. The fourth-order valence-corrected chi connectivity index (χ4v) is 3.59. The standard InChI is InChI=1S/C19H21F3N6O/c1-27(2)11-16(29)26-14-7-13(19(20,21)22)9-28(10-14)15-4-3-12(8-23)17-18(15)25-6-5-24-17/h3-6,13-14H,7,9-11H2,1-2H3,(H,26,29). The van der Waals surface area contributed by atoms with E-state index in [4.69, 9.17) is 0 Å². The Kier molecular flexibility index (Phi) is 5.88. The number of nitrogens with one attached hydrogen (secondary N) is 1. The van der Waals surface area contributed by atoms with E-state index in [0.29, 0.717) is 22.3 Å². The number of likely N-dealkylation sites (N-methyl/N-ethyl adjacent to an activating group) is 1. The third-order valence-electron chi connectivity index (χ3n) is 4.80. The third-order valence-corrected chi connectivity index (χ3v) is 4.80. The van der Waals surface area contributed by atoms with Crippen LogP contribution in [0, 0.1) is 17.2 Å². The van der Waals surface area contributed by atoms with Crippen molar-refractivity contribution in [3.8, 4) is 6.07 Å². The predicted octanol–water partition coefficient (Wildman–Crippen LogP) is 1.94. The highest BCUT2D eigenvalue weighted by Crippen LogP contribution is 2.36. The lowest BCUT2D eigenvalue weighted by atomic mass is 9.92. The zero-order valence-corrected chi connectivity index (χ0v) is 16.1. The summed E-state index contributed by atoms with van der Waals surface area (Å²) in [6.45, 7) is 0.0584. The largest absolute Gasteiger partial charge is 0.393 e. The molecular formula is C19H21F3N6O. The topological polar surface area (TPSA) is 85.2 Å². The maximum absolute atomic E-state index is 13.6. The number of nitrogens with zero attached hydrogens (tertiary/aromatic N) is 5. The molecule has 154 valence electrons. The van der Waals surface area contributed by atoms with Gasteiger partial charge in [-0.25, -0.2) is 0 Å². The highest BCUT2D eigenvalue weighted by molar-refractivity contribution is 5.92. The summed E-state index contributed by atoms with van der Waals surface area (Å²) in [6.07, 6.45) is -1.70. The van der Waals surface area contributed by atoms with Crippen molar-refractivity contribution in [2.24, 2.45) is 5.92 Å². The molecule has 2 atom stereocenters. The average Bonchev–Trinajstić information content (AvgIpc) is 2.65. The van der Waals surface area contributed by atoms with Gasteiger partial charge in [0, 0.05) is 31.5 Å². The van der Waals surface area contributed by atoms with Gasteiger partial charge in [-0.3, -0.25) is 14.8 Å². The van der Waals surface area contributed by atoms with Crippen LogP contribution < -0.4 is 10.2 Å². The molecule has 0 aliphatic carbocycles. The van der Waals surface area contributed by atoms with Crippen LogP contribution >= 0.6 is 0 Å². The predicted molar refractivity (Wildman–Crippen MR) is 101 cm³/mol. The SMILES string of the molecule is CN(C)CC(=O)NC1CC(C(F)(F)F)CN(c2ccc(C#N)c3nccnc23)C1. The first-order chi connectivity index (χ1) is 13.7. The van der Waals surface area contributed by atoms with E-state index in [1.807, 2.05) is 6.07 Å². The Morgan fingerprint density at radius 3 is 2.59 bits per heavy atom. The first kappa shape index (κ1) is 20.8. The molecular weight excluding hydrogens is 385 g/mol. The van der Waals surface area contributed by atoms with Crippen LogP contribution in [0.2, 0.25) is 0 Å². The molecule has 10 heteroatoms. The highest BCUT2D eigenvalue weighted by Gasteiger charge is 2.45. The number of piperidine rings is 1. The molecule has 2 heterocycles. The van der Waals surface area contributed by atoms with Gasteiger partial charge in [0.2, 0.25) is 5.91 Å². The molecule has 1 aliphatic heterocycles. The summed E-state index contributed by atoms with van der Waals surface area (Å²) in [6, 6.07) is 4.48. The number of aromatic nitrogens is 2. The van der Waals surface area contributed by atoms with Crippen LogP contribution in [-0.4, -0.2) is 66.7 Å². The third kappa shape index (κ3) is 4.74. The minimum absolute atomic E-state index is 0.0957. The Balaban J connectivity index is 1.94. The molecule has 1 amide bonds. The van der Waals surface area contributed by atoms with Crippen molar-refractivity contribution >= 4 is 22.6 Å². The highest BCUT2D eigenvalue weighted by atomic mass is 19.4. The molecule has 1 aromatic carbocycles. The van der Waals surface area contributed by atoms with Crippen LogP contribution in [-0.2, 0) is 4.79 Å². The zero-order chi connectivity index (χ0) is 21.2. The normalized spacial score (nSPS) is 20.0. The Bertz CT molecular complexity index is 940. The van der Waals surface area contributed by atoms with E-state index in [-0.39, 0.29) is 32.0 Å². The fraction of sp³-hybridized carbons (Fsp3) is 0.474. The van der Waals surface area contributed by atoms with Crippen LogP contribution in [0.1, 0.15) is 12.0 Å². The lowest BCUT2D eigenvalue weighted by Crippen LogP contribution is -2.54. The summed E-state index contributed by atoms with van der Waals surface area (Å²) in [5.41, 5.74) is 1.48. The molecule has 29 heavy (non-hydrogen) atoms. The maximum Gasteiger partial charge on any atom is 0.393 e. The number of halogens is 3. The van der Waals surface area contributed by atoms with Crippen LogP contribution in [0.3, 0.4) is 0 Å². The van der Waals surface area contributed by atoms with Gasteiger partial charge in [0.05, 0.1) is 23.7 Å². The molecule has 0 bridgehead atoms. The molecule has 1 aromatic heterocycles. The van der Waals surface area contributed by atoms with E-state index in [0.717, 1.165) is 0 Å². The van der Waals surface area contributed by atoms with Crippen molar-refractivity contribution < 1.29 is 18.0 Å². The van der Waals surface area contributed by atoms with Gasteiger partial charge in [0.25, 0.3) is 0 Å². The molecule has 2 aromatic rings. The number of fused-ring (bicyclic) bond motifs is 1. The van der Waals surface area contributed by atoms with E-state index >= 15 is 0 Å². The number of carbonyl (C=O) groups excluding carboxylic acids is 1. The van der Waals surface area contributed by atoms with Crippen LogP contribution in [0.15, 0.2) is 24.5 Å². The van der Waals surface area contributed by atoms with Crippen LogP contribution in [0.4, 0.5) is 18.9 Å². The van der Waals surface area contributed by atoms with Crippen molar-refractivity contribution in [2.75, 3.05) is 38.6 Å². The summed E-state index contributed by atoms with van der Waals surface area (Å²) in [7, 11) is 3.43. The van der Waals surface area contributed by atoms with E-state index in [1.165, 1.54) is 18.5 Å². The molecule has 0 radical (unpaired) electrons. The smallest absolute Gasteiger partial charge is 0.367 e. The van der Waals surface area contributed by atoms with Gasteiger partial charge in [0.1, 0.15) is 17.1 Å². The Labute approximate surface area is 166 Å². The molecule has 1 N–H and O–H groups in total. The number of benzene rings is 1. The number of hydrogen-bond donors (Lipinski definition) is 1. The molecule has 0 saturated carbocycles. The first-order valence-electron chi connectivity index (χ1n) is 9.08. The van der Waals surface area contributed by atoms with Gasteiger partial charge >= 0.3 is 6.18 Å². The molecule has 7 nitrogen and oxygen atoms in total. The monoisotopic (exact) mass is 406 g/mol. The van der Waals surface area contributed by atoms with Crippen molar-refractivity contribution in [2.45, 2.75) is 18.6 Å². The quantitative estimate of drug-likeness (QED) is 0.835. The van der Waals surface area contributed by atoms with Gasteiger partial charge in [-0.05, 0) is 32.6 Å². The van der Waals surface area contributed by atoms with Gasteiger partial charge in [-0.2, -0.15) is 18.4 Å². The number of rotatable bonds is 4. The van der Waals surface area contributed by atoms with E-state index < -0.39 is 18.1 Å². The lowest BCUT2D eigenvalue weighted by Gasteiger charge is -2.40. The van der Waals surface area contributed by atoms with E-state index in [2.05, 4.69) is 15.3 Å². The lowest BCUT2D eigenvalue weighted by molar-refractivity contribution is -0.178. The number of carbonyl (C=O) groups is 1. The molecule has 1 saturated heterocycles. The second kappa shape index (κ2) is 8.21. The van der Waals surface area contributed by atoms with Crippen molar-refractivity contribution in [3.63, 3.8) is 0 Å². The molecule has 1 aliphatic rings. The minimum Gasteiger partial charge on any atom is -0.367 e. The average molecular weight is 406 g/mol. The van der Waals surface area contributed by atoms with Gasteiger partial charge < -0.3 is 15.1 Å². The number of anilines is 1. The van der Waals surface area contributed by atoms with Gasteiger partial charge in [-0.1, -0.05) is 0 Å². The van der Waals surface area contributed by atoms with Crippen LogP contribution in [0.25, 0.3) is 11.0 Å². The summed E-state index contributed by atoms with van der Waals surface area (Å²) in [5, 5.41) is 12.0. The summed E-state index contributed by atoms with van der Waals surface area (Å²) < 4.78 is 40.7. The number of nitriles is 1. The Morgan fingerprint density at radius 1 is 1.28 bits per heavy atom. The minimum atomic E-state index is -4.39. The van der Waals surface area contributed by atoms with E-state index in [9.17, 15) is 23.2 Å². The fourth-order valence-electron chi connectivity index (χ4n) is 3.59. The maximum atomic E-state index is 13.6. The molecule has 3 rings (SSSR count). The second-order valence-electron chi connectivity index (χ2n) is 7.38. The zero-order valence-electron chi connectivity index (χ0n) is 16.1. The summed E-state index contributed by atoms with van der Waals surface area (Å²) in [5.74, 6) is -1.92. The number of hydrogen-bond acceptors (Lipinski definition) is 6. The van der Waals surface area contributed by atoms with Crippen molar-refractivity contribution in [1.82, 2.24) is 20.2 Å². The van der Waals surface area contributed by atoms with E-state index in [1.54, 1.807) is 30.0 Å². The first-order valence-corrected chi connectivity index (χ1v) is 9.08. The summed E-state index contributed by atoms with van der Waals surface area (Å²) >= 11 is 0. The number of amides is 1. The van der Waals surface area contributed by atoms with Crippen molar-refractivity contribution in [1.29, 1.82) is 5.26 Å². The molecule has 2 unspecified atom stereocenters. The number of alkyl halides is 3. The summed E-state index contributed by atoms with van der Waals surface area (Å²) in [4.78, 5) is 23.7. The second-order valence-corrected chi connectivity index (χ2v) is 7.38. The van der Waals surface area contributed by atoms with Crippen LogP contribution in [0.5, 0.6) is 0 Å². The molecule has 1 fully saturated rings. The Hall–Kier alpha value is -2.93. The van der Waals surface area contributed by atoms with Crippen molar-refractivity contribution in [3.05, 3.63) is 30.1 Å². The van der Waals surface area contributed by atoms with Gasteiger partial charge in [-0.15, -0.1) is 0 Å².